The molecule has 0 aromatic heterocycles. The van der Waals surface area contributed by atoms with Crippen LogP contribution in [0.3, 0.4) is 0 Å². The number of fused-ring (bicyclic) bond motifs is 1. The standard InChI is InChI=1S/C18H28N2/c1-2-13-19-17-12-14-20(15-8-4-3-5-9-15)18-11-7-6-10-16(17)18/h6-7,10-11,15,17,19H,2-5,8-9,12-14H2,1H3. The van der Waals surface area contributed by atoms with Crippen molar-refractivity contribution in [2.45, 2.75) is 64.0 Å². The van der Waals surface area contributed by atoms with Gasteiger partial charge in [0.05, 0.1) is 0 Å². The lowest BCUT2D eigenvalue weighted by Crippen LogP contribution is -2.43. The fourth-order valence-electron chi connectivity index (χ4n) is 3.89. The number of hydrogen-bond acceptors (Lipinski definition) is 2. The minimum Gasteiger partial charge on any atom is -0.368 e. The zero-order valence-electron chi connectivity index (χ0n) is 12.8. The predicted molar refractivity (Wildman–Crippen MR) is 86.3 cm³/mol. The van der Waals surface area contributed by atoms with Crippen LogP contribution < -0.4 is 10.2 Å². The Hall–Kier alpha value is -1.02. The lowest BCUT2D eigenvalue weighted by Gasteiger charge is -2.42. The van der Waals surface area contributed by atoms with E-state index in [0.29, 0.717) is 6.04 Å². The van der Waals surface area contributed by atoms with E-state index >= 15 is 0 Å². The highest BCUT2D eigenvalue weighted by Gasteiger charge is 2.29. The van der Waals surface area contributed by atoms with Gasteiger partial charge in [-0.3, -0.25) is 0 Å². The third-order valence-electron chi connectivity index (χ3n) is 4.94. The van der Waals surface area contributed by atoms with Crippen molar-refractivity contribution >= 4 is 5.69 Å². The minimum absolute atomic E-state index is 0.561. The van der Waals surface area contributed by atoms with Crippen molar-refractivity contribution in [1.29, 1.82) is 0 Å². The Morgan fingerprint density at radius 1 is 1.10 bits per heavy atom. The Labute approximate surface area is 123 Å². The van der Waals surface area contributed by atoms with Crippen molar-refractivity contribution in [3.63, 3.8) is 0 Å². The molecule has 2 nitrogen and oxygen atoms in total. The number of hydrogen-bond donors (Lipinski definition) is 1. The summed E-state index contributed by atoms with van der Waals surface area (Å²) >= 11 is 0. The van der Waals surface area contributed by atoms with Crippen molar-refractivity contribution in [1.82, 2.24) is 5.32 Å². The molecule has 0 radical (unpaired) electrons. The van der Waals surface area contributed by atoms with E-state index in [9.17, 15) is 0 Å². The van der Waals surface area contributed by atoms with E-state index in [2.05, 4.69) is 41.4 Å². The molecule has 2 aliphatic rings. The maximum atomic E-state index is 3.72. The van der Waals surface area contributed by atoms with Gasteiger partial charge in [-0.25, -0.2) is 0 Å². The molecular weight excluding hydrogens is 244 g/mol. The van der Waals surface area contributed by atoms with Gasteiger partial charge in [0.25, 0.3) is 0 Å². The second-order valence-corrected chi connectivity index (χ2v) is 6.34. The zero-order chi connectivity index (χ0) is 13.8. The van der Waals surface area contributed by atoms with Gasteiger partial charge >= 0.3 is 0 Å². The number of benzene rings is 1. The molecule has 1 unspecified atom stereocenters. The summed E-state index contributed by atoms with van der Waals surface area (Å²) in [6, 6.07) is 10.4. The fraction of sp³-hybridized carbons (Fsp3) is 0.667. The van der Waals surface area contributed by atoms with Crippen molar-refractivity contribution in [3.05, 3.63) is 29.8 Å². The lowest BCUT2D eigenvalue weighted by atomic mass is 9.89. The first-order valence-electron chi connectivity index (χ1n) is 8.49. The summed E-state index contributed by atoms with van der Waals surface area (Å²) in [4.78, 5) is 2.71. The molecule has 1 atom stereocenters. The second kappa shape index (κ2) is 6.62. The number of nitrogens with zero attached hydrogens (tertiary/aromatic N) is 1. The molecule has 1 aliphatic carbocycles. The molecular formula is C18H28N2. The van der Waals surface area contributed by atoms with Crippen LogP contribution >= 0.6 is 0 Å². The summed E-state index contributed by atoms with van der Waals surface area (Å²) in [5.41, 5.74) is 3.03. The third-order valence-corrected chi connectivity index (χ3v) is 4.94. The van der Waals surface area contributed by atoms with Crippen molar-refractivity contribution in [2.24, 2.45) is 0 Å². The third kappa shape index (κ3) is 2.85. The first-order valence-corrected chi connectivity index (χ1v) is 8.49. The maximum Gasteiger partial charge on any atom is 0.0417 e. The molecule has 0 spiro atoms. The van der Waals surface area contributed by atoms with Crippen LogP contribution in [0.15, 0.2) is 24.3 Å². The number of para-hydroxylation sites is 1. The van der Waals surface area contributed by atoms with Gasteiger partial charge in [-0.1, -0.05) is 44.4 Å². The fourth-order valence-corrected chi connectivity index (χ4v) is 3.89. The van der Waals surface area contributed by atoms with Gasteiger partial charge in [-0.15, -0.1) is 0 Å². The number of anilines is 1. The van der Waals surface area contributed by atoms with Crippen LogP contribution in [-0.2, 0) is 0 Å². The summed E-state index contributed by atoms with van der Waals surface area (Å²) in [5.74, 6) is 0. The van der Waals surface area contributed by atoms with Crippen LogP contribution in [0.25, 0.3) is 0 Å². The van der Waals surface area contributed by atoms with Crippen LogP contribution in [-0.4, -0.2) is 19.1 Å². The van der Waals surface area contributed by atoms with Crippen LogP contribution in [0, 0.1) is 0 Å². The number of nitrogens with one attached hydrogen (secondary N) is 1. The van der Waals surface area contributed by atoms with E-state index in [-0.39, 0.29) is 0 Å². The SMILES string of the molecule is CCCNC1CCN(C2CCCCC2)c2ccccc21. The van der Waals surface area contributed by atoms with E-state index < -0.39 is 0 Å². The first kappa shape index (κ1) is 13.9. The second-order valence-electron chi connectivity index (χ2n) is 6.34. The van der Waals surface area contributed by atoms with Gasteiger partial charge in [0.1, 0.15) is 0 Å². The van der Waals surface area contributed by atoms with Crippen LogP contribution in [0.4, 0.5) is 5.69 Å². The van der Waals surface area contributed by atoms with E-state index in [1.807, 2.05) is 0 Å². The topological polar surface area (TPSA) is 15.3 Å². The molecule has 1 fully saturated rings. The van der Waals surface area contributed by atoms with E-state index in [1.165, 1.54) is 62.7 Å². The average Bonchev–Trinajstić information content (AvgIpc) is 2.53. The largest absolute Gasteiger partial charge is 0.368 e. The Kier molecular flexibility index (Phi) is 4.62. The van der Waals surface area contributed by atoms with Gasteiger partial charge in [0.15, 0.2) is 0 Å². The molecule has 1 N–H and O–H groups in total. The summed E-state index contributed by atoms with van der Waals surface area (Å²) in [6.07, 6.45) is 9.52. The van der Waals surface area contributed by atoms with Gasteiger partial charge in [-0.05, 0) is 43.9 Å². The van der Waals surface area contributed by atoms with Crippen LogP contribution in [0.2, 0.25) is 0 Å². The van der Waals surface area contributed by atoms with Gasteiger partial charge in [0, 0.05) is 24.3 Å². The van der Waals surface area contributed by atoms with Crippen molar-refractivity contribution in [2.75, 3.05) is 18.0 Å². The average molecular weight is 272 g/mol. The maximum absolute atomic E-state index is 3.72. The Balaban J connectivity index is 1.80. The summed E-state index contributed by atoms with van der Waals surface area (Å²) in [7, 11) is 0. The lowest BCUT2D eigenvalue weighted by molar-refractivity contribution is 0.388. The van der Waals surface area contributed by atoms with Crippen LogP contribution in [0.1, 0.15) is 63.5 Å². The molecule has 1 aliphatic heterocycles. The van der Waals surface area contributed by atoms with E-state index in [1.54, 1.807) is 0 Å². The molecule has 0 bridgehead atoms. The highest BCUT2D eigenvalue weighted by Crippen LogP contribution is 2.37. The molecule has 3 rings (SSSR count). The predicted octanol–water partition coefficient (Wildman–Crippen LogP) is 4.27. The Morgan fingerprint density at radius 2 is 1.90 bits per heavy atom. The van der Waals surface area contributed by atoms with Gasteiger partial charge < -0.3 is 10.2 Å². The zero-order valence-corrected chi connectivity index (χ0v) is 12.8. The molecule has 1 saturated carbocycles. The summed E-state index contributed by atoms with van der Waals surface area (Å²) < 4.78 is 0. The summed E-state index contributed by atoms with van der Waals surface area (Å²) in [6.45, 7) is 4.60. The molecule has 1 heterocycles. The normalized spacial score (nSPS) is 23.6. The smallest absolute Gasteiger partial charge is 0.0417 e. The molecule has 0 saturated heterocycles. The molecule has 0 amide bonds. The molecule has 20 heavy (non-hydrogen) atoms. The van der Waals surface area contributed by atoms with Gasteiger partial charge in [-0.2, -0.15) is 0 Å². The number of rotatable bonds is 4. The van der Waals surface area contributed by atoms with Crippen molar-refractivity contribution < 1.29 is 0 Å². The summed E-state index contributed by atoms with van der Waals surface area (Å²) in [5, 5.41) is 3.72. The van der Waals surface area contributed by atoms with Gasteiger partial charge in [0.2, 0.25) is 0 Å². The van der Waals surface area contributed by atoms with Crippen molar-refractivity contribution in [3.8, 4) is 0 Å². The quantitative estimate of drug-likeness (QED) is 0.880. The highest BCUT2D eigenvalue weighted by atomic mass is 15.2. The molecule has 2 heteroatoms. The molecule has 110 valence electrons. The van der Waals surface area contributed by atoms with E-state index in [4.69, 9.17) is 0 Å². The molecule has 1 aromatic carbocycles. The monoisotopic (exact) mass is 272 g/mol. The highest BCUT2D eigenvalue weighted by molar-refractivity contribution is 5.57. The van der Waals surface area contributed by atoms with E-state index in [0.717, 1.165) is 12.6 Å². The minimum atomic E-state index is 0.561. The Bertz CT molecular complexity index is 423. The van der Waals surface area contributed by atoms with Crippen LogP contribution in [0.5, 0.6) is 0 Å². The first-order chi connectivity index (χ1) is 9.90. The molecule has 1 aromatic rings. The Morgan fingerprint density at radius 3 is 2.70 bits per heavy atom.